The molecule has 5 rings (SSSR count). The molecule has 0 atom stereocenters. The lowest BCUT2D eigenvalue weighted by Gasteiger charge is -2.29. The van der Waals surface area contributed by atoms with Crippen molar-refractivity contribution in [2.45, 2.75) is 25.6 Å². The normalized spacial score (nSPS) is 13.9. The number of rotatable bonds is 9. The van der Waals surface area contributed by atoms with Gasteiger partial charge in [0, 0.05) is 17.7 Å². The van der Waals surface area contributed by atoms with E-state index >= 15 is 0 Å². The summed E-state index contributed by atoms with van der Waals surface area (Å²) in [7, 11) is 0. The van der Waals surface area contributed by atoms with Crippen molar-refractivity contribution >= 4 is 28.8 Å². The van der Waals surface area contributed by atoms with Crippen LogP contribution in [0.2, 0.25) is 0 Å². The Morgan fingerprint density at radius 1 is 0.978 bits per heavy atom. The van der Waals surface area contributed by atoms with Crippen LogP contribution >= 0.6 is 0 Å². The minimum atomic E-state index is -5.35. The van der Waals surface area contributed by atoms with Gasteiger partial charge in [0.05, 0.1) is 11.6 Å². The number of halogens is 5. The molecule has 1 amide bonds. The van der Waals surface area contributed by atoms with Crippen LogP contribution in [0.25, 0.3) is 22.1 Å². The maximum atomic E-state index is 14.1. The zero-order chi connectivity index (χ0) is 32.1. The van der Waals surface area contributed by atoms with Gasteiger partial charge in [0.15, 0.2) is 11.6 Å². The highest BCUT2D eigenvalue weighted by atomic mass is 19.4. The van der Waals surface area contributed by atoms with E-state index in [0.717, 1.165) is 11.0 Å². The second kappa shape index (κ2) is 13.5. The number of hydrogen-bond acceptors (Lipinski definition) is 7. The molecular weight excluding hydrogens is 603 g/mol. The fraction of sp³-hybridized carbons (Fsp3) is 0.281. The standard InChI is InChI=1S/C32H27F5N2O6/c33-26-15-25(29-24(28(26)34)10-13-43-29)21-4-6-23(7-5-21)44-18-20-2-1-3-22(14-20)30(41)39(16-19-8-11-38-12-9-19)17-27(40)45-31(42)32(35,36)37/h1-7,10,13-15,19,38H,8-9,11-12,16-18H2. The SMILES string of the molecule is O=C(CN(CC1CCNCC1)C(=O)c1cccc(COc2ccc(-c3cc(F)c(F)c4ccoc34)cc2)c1)OC(=O)C(F)(F)F. The van der Waals surface area contributed by atoms with E-state index in [4.69, 9.17) is 9.15 Å². The van der Waals surface area contributed by atoms with Crippen LogP contribution in [0.4, 0.5) is 22.0 Å². The first-order valence-corrected chi connectivity index (χ1v) is 14.0. The lowest BCUT2D eigenvalue weighted by Crippen LogP contribution is -2.43. The summed E-state index contributed by atoms with van der Waals surface area (Å²) in [6, 6.07) is 15.3. The number of nitrogens with zero attached hydrogens (tertiary/aromatic N) is 1. The van der Waals surface area contributed by atoms with E-state index in [1.165, 1.54) is 24.5 Å². The highest BCUT2D eigenvalue weighted by Crippen LogP contribution is 2.33. The lowest BCUT2D eigenvalue weighted by atomic mass is 9.97. The van der Waals surface area contributed by atoms with Gasteiger partial charge in [-0.1, -0.05) is 24.3 Å². The molecule has 1 saturated heterocycles. The number of carbonyl (C=O) groups is 3. The number of fused-ring (bicyclic) bond motifs is 1. The first-order valence-electron chi connectivity index (χ1n) is 14.0. The number of amides is 1. The number of carbonyl (C=O) groups excluding carboxylic acids is 3. The fourth-order valence-corrected chi connectivity index (χ4v) is 5.11. The Labute approximate surface area is 253 Å². The molecule has 45 heavy (non-hydrogen) atoms. The Kier molecular flexibility index (Phi) is 9.47. The third-order valence-corrected chi connectivity index (χ3v) is 7.35. The second-order valence-corrected chi connectivity index (χ2v) is 10.5. The van der Waals surface area contributed by atoms with Crippen molar-refractivity contribution in [1.82, 2.24) is 10.2 Å². The summed E-state index contributed by atoms with van der Waals surface area (Å²) >= 11 is 0. The zero-order valence-corrected chi connectivity index (χ0v) is 23.7. The molecule has 236 valence electrons. The Balaban J connectivity index is 1.27. The zero-order valence-electron chi connectivity index (χ0n) is 23.7. The van der Waals surface area contributed by atoms with Gasteiger partial charge in [-0.3, -0.25) is 4.79 Å². The molecule has 0 saturated carbocycles. The summed E-state index contributed by atoms with van der Waals surface area (Å²) in [5, 5.41) is 3.21. The topological polar surface area (TPSA) is 98.1 Å². The van der Waals surface area contributed by atoms with E-state index in [9.17, 15) is 36.3 Å². The summed E-state index contributed by atoms with van der Waals surface area (Å²) in [6.45, 7) is 0.659. The summed E-state index contributed by atoms with van der Waals surface area (Å²) in [4.78, 5) is 37.9. The highest BCUT2D eigenvalue weighted by Gasteiger charge is 2.42. The number of benzene rings is 3. The van der Waals surface area contributed by atoms with E-state index in [-0.39, 0.29) is 35.6 Å². The minimum absolute atomic E-state index is 0.00825. The molecule has 2 heterocycles. The first kappa shape index (κ1) is 31.6. The third-order valence-electron chi connectivity index (χ3n) is 7.35. The number of furan rings is 1. The summed E-state index contributed by atoms with van der Waals surface area (Å²) in [6.07, 6.45) is -2.69. The summed E-state index contributed by atoms with van der Waals surface area (Å²) < 4.78 is 81.1. The quantitative estimate of drug-likeness (QED) is 0.137. The number of alkyl halides is 3. The molecule has 8 nitrogen and oxygen atoms in total. The van der Waals surface area contributed by atoms with Crippen LogP contribution in [0.15, 0.2) is 71.3 Å². The van der Waals surface area contributed by atoms with Crippen LogP contribution in [-0.4, -0.2) is 55.1 Å². The average Bonchev–Trinajstić information content (AvgIpc) is 3.52. The number of piperidine rings is 1. The molecule has 0 unspecified atom stereocenters. The molecular formula is C32H27F5N2O6. The Bertz CT molecular complexity index is 1700. The van der Waals surface area contributed by atoms with Crippen molar-refractivity contribution in [3.05, 3.63) is 89.7 Å². The van der Waals surface area contributed by atoms with Crippen molar-refractivity contribution in [3.8, 4) is 16.9 Å². The van der Waals surface area contributed by atoms with Crippen LogP contribution in [0, 0.1) is 17.6 Å². The van der Waals surface area contributed by atoms with Gasteiger partial charge in [-0.15, -0.1) is 0 Å². The van der Waals surface area contributed by atoms with Crippen LogP contribution in [0.3, 0.4) is 0 Å². The van der Waals surface area contributed by atoms with Gasteiger partial charge in [0.2, 0.25) is 0 Å². The summed E-state index contributed by atoms with van der Waals surface area (Å²) in [5.41, 5.74) is 1.89. The molecule has 1 aliphatic heterocycles. The van der Waals surface area contributed by atoms with Crippen molar-refractivity contribution in [3.63, 3.8) is 0 Å². The molecule has 1 fully saturated rings. The Morgan fingerprint density at radius 3 is 2.42 bits per heavy atom. The van der Waals surface area contributed by atoms with Crippen LogP contribution < -0.4 is 10.1 Å². The number of esters is 2. The molecule has 0 radical (unpaired) electrons. The van der Waals surface area contributed by atoms with Gasteiger partial charge < -0.3 is 24.1 Å². The minimum Gasteiger partial charge on any atom is -0.489 e. The van der Waals surface area contributed by atoms with Gasteiger partial charge in [0.25, 0.3) is 5.91 Å². The molecule has 1 aromatic heterocycles. The van der Waals surface area contributed by atoms with E-state index < -0.39 is 42.2 Å². The molecule has 0 aliphatic carbocycles. The smallest absolute Gasteiger partial charge is 0.489 e. The van der Waals surface area contributed by atoms with Gasteiger partial charge >= 0.3 is 18.1 Å². The van der Waals surface area contributed by atoms with E-state index in [1.54, 1.807) is 36.4 Å². The Hall–Kier alpha value is -4.78. The largest absolute Gasteiger partial charge is 0.491 e. The van der Waals surface area contributed by atoms with E-state index in [1.807, 2.05) is 0 Å². The predicted octanol–water partition coefficient (Wildman–Crippen LogP) is 6.03. The van der Waals surface area contributed by atoms with Crippen LogP contribution in [0.1, 0.15) is 28.8 Å². The molecule has 0 spiro atoms. The van der Waals surface area contributed by atoms with Gasteiger partial charge in [-0.2, -0.15) is 13.2 Å². The molecule has 1 aliphatic rings. The maximum absolute atomic E-state index is 14.1. The van der Waals surface area contributed by atoms with Crippen molar-refractivity contribution < 1.29 is 50.2 Å². The monoisotopic (exact) mass is 630 g/mol. The lowest BCUT2D eigenvalue weighted by molar-refractivity contribution is -0.202. The fourth-order valence-electron chi connectivity index (χ4n) is 5.11. The molecule has 0 bridgehead atoms. The van der Waals surface area contributed by atoms with Crippen LogP contribution in [-0.2, 0) is 20.9 Å². The van der Waals surface area contributed by atoms with Crippen molar-refractivity contribution in [2.24, 2.45) is 5.92 Å². The highest BCUT2D eigenvalue weighted by molar-refractivity contribution is 5.97. The third kappa shape index (κ3) is 7.66. The molecule has 4 aromatic rings. The summed E-state index contributed by atoms with van der Waals surface area (Å²) in [5.74, 6) is -6.31. The maximum Gasteiger partial charge on any atom is 0.491 e. The number of ether oxygens (including phenoxy) is 2. The Morgan fingerprint density at radius 2 is 1.71 bits per heavy atom. The van der Waals surface area contributed by atoms with E-state index in [0.29, 0.717) is 48.4 Å². The first-order chi connectivity index (χ1) is 21.5. The number of hydrogen-bond donors (Lipinski definition) is 1. The van der Waals surface area contributed by atoms with Crippen molar-refractivity contribution in [1.29, 1.82) is 0 Å². The van der Waals surface area contributed by atoms with Gasteiger partial charge in [-0.25, -0.2) is 18.4 Å². The van der Waals surface area contributed by atoms with Crippen LogP contribution in [0.5, 0.6) is 5.75 Å². The van der Waals surface area contributed by atoms with Gasteiger partial charge in [-0.05, 0) is 79.4 Å². The molecule has 3 aromatic carbocycles. The second-order valence-electron chi connectivity index (χ2n) is 10.5. The van der Waals surface area contributed by atoms with Gasteiger partial charge in [0.1, 0.15) is 24.5 Å². The number of nitrogens with one attached hydrogen (secondary N) is 1. The average molecular weight is 631 g/mol. The van der Waals surface area contributed by atoms with E-state index in [2.05, 4.69) is 10.1 Å². The van der Waals surface area contributed by atoms with Crippen molar-refractivity contribution in [2.75, 3.05) is 26.2 Å². The molecule has 1 N–H and O–H groups in total. The predicted molar refractivity (Wildman–Crippen MR) is 151 cm³/mol. The molecule has 13 heteroatoms.